The average molecular weight is 282 g/mol. The summed E-state index contributed by atoms with van der Waals surface area (Å²) >= 11 is 0. The van der Waals surface area contributed by atoms with Gasteiger partial charge in [0, 0.05) is 18.3 Å². The fourth-order valence-corrected chi connectivity index (χ4v) is 1.54. The highest BCUT2D eigenvalue weighted by atomic mass is 35.5. The molecule has 0 aliphatic heterocycles. The van der Waals surface area contributed by atoms with Crippen LogP contribution in [0.2, 0.25) is 0 Å². The number of benzene rings is 1. The smallest absolute Gasteiger partial charge is 0.240 e. The van der Waals surface area contributed by atoms with E-state index in [1.807, 2.05) is 29.8 Å². The monoisotopic (exact) mass is 281 g/mol. The van der Waals surface area contributed by atoms with Crippen LogP contribution in [-0.2, 0) is 11.8 Å². The molecule has 1 heterocycles. The standard InChI is InChI=1S/C12H15N5O.ClH/c1-8(13)12(18)15-10-5-3-4-9(6-10)11-16-14-7-17(11)2;/h3-8H,13H2,1-2H3,(H,15,18);1H/t8-;/m0./s1. The van der Waals surface area contributed by atoms with Gasteiger partial charge in [-0.05, 0) is 19.1 Å². The number of rotatable bonds is 3. The first kappa shape index (κ1) is 15.1. The van der Waals surface area contributed by atoms with Crippen molar-refractivity contribution in [3.8, 4) is 11.4 Å². The number of nitrogens with zero attached hydrogens (tertiary/aromatic N) is 3. The maximum absolute atomic E-state index is 11.5. The van der Waals surface area contributed by atoms with Gasteiger partial charge in [0.1, 0.15) is 6.33 Å². The lowest BCUT2D eigenvalue weighted by Crippen LogP contribution is -2.32. The number of hydrogen-bond acceptors (Lipinski definition) is 4. The average Bonchev–Trinajstić information content (AvgIpc) is 2.75. The molecular weight excluding hydrogens is 266 g/mol. The van der Waals surface area contributed by atoms with E-state index >= 15 is 0 Å². The Morgan fingerprint density at radius 1 is 1.47 bits per heavy atom. The highest BCUT2D eigenvalue weighted by Gasteiger charge is 2.09. The number of carbonyl (C=O) groups excluding carboxylic acids is 1. The van der Waals surface area contributed by atoms with Crippen LogP contribution < -0.4 is 11.1 Å². The van der Waals surface area contributed by atoms with Gasteiger partial charge >= 0.3 is 0 Å². The fraction of sp³-hybridized carbons (Fsp3) is 0.250. The van der Waals surface area contributed by atoms with Crippen molar-refractivity contribution in [2.75, 3.05) is 5.32 Å². The van der Waals surface area contributed by atoms with Crippen LogP contribution in [0.15, 0.2) is 30.6 Å². The zero-order chi connectivity index (χ0) is 13.1. The maximum Gasteiger partial charge on any atom is 0.240 e. The van der Waals surface area contributed by atoms with E-state index in [9.17, 15) is 4.79 Å². The van der Waals surface area contributed by atoms with Crippen molar-refractivity contribution < 1.29 is 4.79 Å². The van der Waals surface area contributed by atoms with Gasteiger partial charge in [0.25, 0.3) is 0 Å². The predicted molar refractivity (Wildman–Crippen MR) is 76.0 cm³/mol. The van der Waals surface area contributed by atoms with Gasteiger partial charge in [-0.15, -0.1) is 22.6 Å². The largest absolute Gasteiger partial charge is 0.325 e. The van der Waals surface area contributed by atoms with Gasteiger partial charge in [0.15, 0.2) is 5.82 Å². The number of amides is 1. The second-order valence-electron chi connectivity index (χ2n) is 4.12. The summed E-state index contributed by atoms with van der Waals surface area (Å²) in [6, 6.07) is 6.86. The Bertz CT molecular complexity index is 567. The Morgan fingerprint density at radius 2 is 2.21 bits per heavy atom. The van der Waals surface area contributed by atoms with Crippen LogP contribution in [0.3, 0.4) is 0 Å². The summed E-state index contributed by atoms with van der Waals surface area (Å²) in [5, 5.41) is 10.6. The van der Waals surface area contributed by atoms with Crippen LogP contribution in [0.5, 0.6) is 0 Å². The number of aryl methyl sites for hydroxylation is 1. The highest BCUT2D eigenvalue weighted by Crippen LogP contribution is 2.19. The molecule has 102 valence electrons. The quantitative estimate of drug-likeness (QED) is 0.885. The van der Waals surface area contributed by atoms with Crippen molar-refractivity contribution in [3.63, 3.8) is 0 Å². The lowest BCUT2D eigenvalue weighted by atomic mass is 10.2. The molecule has 1 aromatic carbocycles. The molecule has 0 aliphatic rings. The SMILES string of the molecule is C[C@H](N)C(=O)Nc1cccc(-c2nncn2C)c1.Cl. The third kappa shape index (κ3) is 3.52. The molecule has 0 spiro atoms. The molecular formula is C12H16ClN5O. The van der Waals surface area contributed by atoms with Crippen LogP contribution in [0.25, 0.3) is 11.4 Å². The molecule has 0 aliphatic carbocycles. The van der Waals surface area contributed by atoms with Crippen LogP contribution in [0, 0.1) is 0 Å². The van der Waals surface area contributed by atoms with Gasteiger partial charge in [-0.1, -0.05) is 12.1 Å². The fourth-order valence-electron chi connectivity index (χ4n) is 1.54. The van der Waals surface area contributed by atoms with E-state index in [1.165, 1.54) is 0 Å². The van der Waals surface area contributed by atoms with Gasteiger partial charge in [-0.25, -0.2) is 0 Å². The third-order valence-electron chi connectivity index (χ3n) is 2.51. The topological polar surface area (TPSA) is 85.8 Å². The molecule has 0 unspecified atom stereocenters. The molecule has 7 heteroatoms. The van der Waals surface area contributed by atoms with Gasteiger partial charge in [-0.2, -0.15) is 0 Å². The van der Waals surface area contributed by atoms with Gasteiger partial charge < -0.3 is 15.6 Å². The number of anilines is 1. The second-order valence-corrected chi connectivity index (χ2v) is 4.12. The molecule has 0 radical (unpaired) electrons. The van der Waals surface area contributed by atoms with Gasteiger partial charge in [0.2, 0.25) is 5.91 Å². The van der Waals surface area contributed by atoms with Crippen LogP contribution in [0.4, 0.5) is 5.69 Å². The molecule has 0 fully saturated rings. The minimum atomic E-state index is -0.538. The Balaban J connectivity index is 0.00000180. The summed E-state index contributed by atoms with van der Waals surface area (Å²) in [6.07, 6.45) is 1.63. The first-order valence-electron chi connectivity index (χ1n) is 5.59. The maximum atomic E-state index is 11.5. The lowest BCUT2D eigenvalue weighted by Gasteiger charge is -2.09. The zero-order valence-electron chi connectivity index (χ0n) is 10.7. The molecule has 1 aromatic heterocycles. The summed E-state index contributed by atoms with van der Waals surface area (Å²) < 4.78 is 1.81. The minimum absolute atomic E-state index is 0. The molecule has 19 heavy (non-hydrogen) atoms. The Hall–Kier alpha value is -1.92. The van der Waals surface area contributed by atoms with Crippen molar-refractivity contribution in [1.82, 2.24) is 14.8 Å². The minimum Gasteiger partial charge on any atom is -0.325 e. The van der Waals surface area contributed by atoms with Crippen LogP contribution >= 0.6 is 12.4 Å². The summed E-state index contributed by atoms with van der Waals surface area (Å²) in [6.45, 7) is 1.64. The third-order valence-corrected chi connectivity index (χ3v) is 2.51. The van der Waals surface area contributed by atoms with E-state index in [2.05, 4.69) is 15.5 Å². The molecule has 3 N–H and O–H groups in total. The Kier molecular flexibility index (Phi) is 5.02. The second kappa shape index (κ2) is 6.31. The van der Waals surface area contributed by atoms with E-state index in [-0.39, 0.29) is 18.3 Å². The van der Waals surface area contributed by atoms with E-state index < -0.39 is 6.04 Å². The first-order chi connectivity index (χ1) is 8.58. The van der Waals surface area contributed by atoms with E-state index in [4.69, 9.17) is 5.73 Å². The van der Waals surface area contributed by atoms with Gasteiger partial charge in [0.05, 0.1) is 6.04 Å². The van der Waals surface area contributed by atoms with E-state index in [0.29, 0.717) is 5.69 Å². The first-order valence-corrected chi connectivity index (χ1v) is 5.59. The summed E-state index contributed by atoms with van der Waals surface area (Å²) in [5.74, 6) is 0.525. The van der Waals surface area contributed by atoms with Crippen molar-refractivity contribution >= 4 is 24.0 Å². The number of halogens is 1. The Morgan fingerprint density at radius 3 is 2.79 bits per heavy atom. The van der Waals surface area contributed by atoms with Gasteiger partial charge in [-0.3, -0.25) is 4.79 Å². The van der Waals surface area contributed by atoms with Crippen molar-refractivity contribution in [1.29, 1.82) is 0 Å². The van der Waals surface area contributed by atoms with Crippen molar-refractivity contribution in [3.05, 3.63) is 30.6 Å². The predicted octanol–water partition coefficient (Wildman–Crippen LogP) is 1.19. The van der Waals surface area contributed by atoms with Crippen LogP contribution in [0.1, 0.15) is 6.92 Å². The Labute approximate surface area is 117 Å². The number of nitrogens with two attached hydrogens (primary N) is 1. The van der Waals surface area contributed by atoms with Crippen molar-refractivity contribution in [2.45, 2.75) is 13.0 Å². The molecule has 1 atom stereocenters. The van der Waals surface area contributed by atoms with Crippen molar-refractivity contribution in [2.24, 2.45) is 12.8 Å². The number of carbonyl (C=O) groups is 1. The summed E-state index contributed by atoms with van der Waals surface area (Å²) in [7, 11) is 1.86. The molecule has 0 bridgehead atoms. The molecule has 0 saturated heterocycles. The van der Waals surface area contributed by atoms with E-state index in [1.54, 1.807) is 19.3 Å². The normalized spacial score (nSPS) is 11.5. The number of nitrogens with one attached hydrogen (secondary N) is 1. The molecule has 6 nitrogen and oxygen atoms in total. The highest BCUT2D eigenvalue weighted by molar-refractivity contribution is 5.94. The molecule has 0 saturated carbocycles. The van der Waals surface area contributed by atoms with Crippen LogP contribution in [-0.4, -0.2) is 26.7 Å². The summed E-state index contributed by atoms with van der Waals surface area (Å²) in [4.78, 5) is 11.5. The lowest BCUT2D eigenvalue weighted by molar-refractivity contribution is -0.117. The molecule has 1 amide bonds. The zero-order valence-corrected chi connectivity index (χ0v) is 11.5. The molecule has 2 aromatic rings. The molecule has 2 rings (SSSR count). The van der Waals surface area contributed by atoms with E-state index in [0.717, 1.165) is 11.4 Å². The number of aromatic nitrogens is 3. The summed E-state index contributed by atoms with van der Waals surface area (Å²) in [5.41, 5.74) is 7.08. The number of hydrogen-bond donors (Lipinski definition) is 2.